The quantitative estimate of drug-likeness (QED) is 0.790. The Labute approximate surface area is 139 Å². The highest BCUT2D eigenvalue weighted by Crippen LogP contribution is 2.42. The molecule has 3 rings (SSSR count). The van der Waals surface area contributed by atoms with Gasteiger partial charge in [0.05, 0.1) is 0 Å². The summed E-state index contributed by atoms with van der Waals surface area (Å²) >= 11 is 0. The molecule has 0 N–H and O–H groups in total. The van der Waals surface area contributed by atoms with Gasteiger partial charge < -0.3 is 9.64 Å². The summed E-state index contributed by atoms with van der Waals surface area (Å²) in [4.78, 5) is 14.6. The van der Waals surface area contributed by atoms with Crippen LogP contribution in [0.15, 0.2) is 30.3 Å². The van der Waals surface area contributed by atoms with E-state index in [1.807, 2.05) is 25.1 Å². The van der Waals surface area contributed by atoms with E-state index in [4.69, 9.17) is 4.74 Å². The highest BCUT2D eigenvalue weighted by molar-refractivity contribution is 5.85. The minimum Gasteiger partial charge on any atom is -0.454 e. The molecule has 0 unspecified atom stereocenters. The molecule has 122 valence electrons. The Balaban J connectivity index is 0.00000176. The highest BCUT2D eigenvalue weighted by atomic mass is 35.5. The van der Waals surface area contributed by atoms with Crippen molar-refractivity contribution in [1.82, 2.24) is 4.90 Å². The van der Waals surface area contributed by atoms with Crippen molar-refractivity contribution in [2.24, 2.45) is 0 Å². The van der Waals surface area contributed by atoms with Crippen molar-refractivity contribution >= 4 is 18.4 Å². The zero-order valence-corrected chi connectivity index (χ0v) is 14.1. The molecule has 3 nitrogen and oxygen atoms in total. The van der Waals surface area contributed by atoms with E-state index in [0.717, 1.165) is 24.9 Å². The van der Waals surface area contributed by atoms with E-state index < -0.39 is 5.60 Å². The van der Waals surface area contributed by atoms with Gasteiger partial charge in [0.2, 0.25) is 0 Å². The molecule has 2 aliphatic rings. The zero-order chi connectivity index (χ0) is 14.7. The molecule has 0 aromatic heterocycles. The number of hydrogen-bond donors (Lipinski definition) is 0. The smallest absolute Gasteiger partial charge is 0.306 e. The van der Waals surface area contributed by atoms with E-state index in [2.05, 4.69) is 17.0 Å². The Bertz CT molecular complexity index is 493. The second-order valence-corrected chi connectivity index (χ2v) is 6.33. The zero-order valence-electron chi connectivity index (χ0n) is 13.3. The minimum absolute atomic E-state index is 0. The van der Waals surface area contributed by atoms with Crippen LogP contribution in [0.5, 0.6) is 0 Å². The summed E-state index contributed by atoms with van der Waals surface area (Å²) in [5.41, 5.74) is 0.754. The summed E-state index contributed by atoms with van der Waals surface area (Å²) in [6.07, 6.45) is 6.15. The summed E-state index contributed by atoms with van der Waals surface area (Å²) in [6.45, 7) is 4.12. The second-order valence-electron chi connectivity index (χ2n) is 6.33. The number of ether oxygens (including phenoxy) is 1. The molecule has 2 atom stereocenters. The minimum atomic E-state index is -0.410. The molecule has 2 heterocycles. The maximum atomic E-state index is 12.0. The summed E-state index contributed by atoms with van der Waals surface area (Å²) in [6, 6.07) is 10.9. The summed E-state index contributed by atoms with van der Waals surface area (Å²) in [7, 11) is 0. The summed E-state index contributed by atoms with van der Waals surface area (Å²) in [5, 5.41) is 0. The van der Waals surface area contributed by atoms with Crippen molar-refractivity contribution in [2.75, 3.05) is 13.1 Å². The van der Waals surface area contributed by atoms with Gasteiger partial charge in [-0.3, -0.25) is 4.79 Å². The van der Waals surface area contributed by atoms with Crippen LogP contribution in [-0.2, 0) is 15.1 Å². The van der Waals surface area contributed by atoms with E-state index in [1.165, 1.54) is 25.8 Å². The molecule has 0 spiro atoms. The number of fused-ring (bicyclic) bond motifs is 1. The molecule has 22 heavy (non-hydrogen) atoms. The standard InChI is InChI=1S/C18H25NO2.ClH/c1-2-17(20)21-18(15-8-4-3-5-9-15)11-13-19-12-7-6-10-16(19)14-18;/h3-5,8-9,16H,2,6-7,10-14H2,1H3;1H/t16-,18+;/m0./s1. The first-order valence-electron chi connectivity index (χ1n) is 8.25. The van der Waals surface area contributed by atoms with Crippen molar-refractivity contribution < 1.29 is 9.53 Å². The van der Waals surface area contributed by atoms with Crippen LogP contribution in [0.3, 0.4) is 0 Å². The average Bonchev–Trinajstić information content (AvgIpc) is 2.55. The van der Waals surface area contributed by atoms with Gasteiger partial charge in [0.15, 0.2) is 0 Å². The molecule has 0 saturated carbocycles. The lowest BCUT2D eigenvalue weighted by Crippen LogP contribution is -2.52. The van der Waals surface area contributed by atoms with E-state index in [0.29, 0.717) is 12.5 Å². The van der Waals surface area contributed by atoms with Crippen LogP contribution < -0.4 is 0 Å². The van der Waals surface area contributed by atoms with Gasteiger partial charge in [-0.05, 0) is 24.9 Å². The van der Waals surface area contributed by atoms with E-state index in [9.17, 15) is 4.79 Å². The van der Waals surface area contributed by atoms with Crippen LogP contribution in [-0.4, -0.2) is 30.0 Å². The SMILES string of the molecule is CCC(=O)O[C@]1(c2ccccc2)CCN2CCCC[C@H]2C1.Cl. The molecule has 0 aliphatic carbocycles. The maximum Gasteiger partial charge on any atom is 0.306 e. The van der Waals surface area contributed by atoms with Crippen molar-refractivity contribution in [3.05, 3.63) is 35.9 Å². The van der Waals surface area contributed by atoms with E-state index in [-0.39, 0.29) is 18.4 Å². The average molecular weight is 324 g/mol. The lowest BCUT2D eigenvalue weighted by Gasteiger charge is -2.48. The number of hydrogen-bond acceptors (Lipinski definition) is 3. The Hall–Kier alpha value is -1.06. The van der Waals surface area contributed by atoms with Crippen LogP contribution in [0.25, 0.3) is 0 Å². The Morgan fingerprint density at radius 2 is 2.05 bits per heavy atom. The predicted molar refractivity (Wildman–Crippen MR) is 90.2 cm³/mol. The lowest BCUT2D eigenvalue weighted by molar-refractivity contribution is -0.170. The first-order chi connectivity index (χ1) is 10.2. The molecular weight excluding hydrogens is 298 g/mol. The van der Waals surface area contributed by atoms with Crippen molar-refractivity contribution in [2.45, 2.75) is 57.1 Å². The third-order valence-electron chi connectivity index (χ3n) is 5.02. The number of halogens is 1. The first kappa shape index (κ1) is 17.3. The molecule has 2 saturated heterocycles. The fourth-order valence-corrected chi connectivity index (χ4v) is 3.84. The third kappa shape index (κ3) is 3.47. The van der Waals surface area contributed by atoms with E-state index >= 15 is 0 Å². The molecule has 1 aromatic rings. The molecule has 0 bridgehead atoms. The molecule has 0 radical (unpaired) electrons. The molecule has 2 fully saturated rings. The van der Waals surface area contributed by atoms with Crippen LogP contribution >= 0.6 is 12.4 Å². The number of nitrogens with zero attached hydrogens (tertiary/aromatic N) is 1. The Morgan fingerprint density at radius 3 is 2.77 bits per heavy atom. The summed E-state index contributed by atoms with van der Waals surface area (Å²) < 4.78 is 6.00. The predicted octanol–water partition coefficient (Wildman–Crippen LogP) is 3.91. The second kappa shape index (κ2) is 7.47. The lowest BCUT2D eigenvalue weighted by atomic mass is 9.78. The van der Waals surface area contributed by atoms with Gasteiger partial charge in [0.25, 0.3) is 0 Å². The molecule has 1 aromatic carbocycles. The first-order valence-corrected chi connectivity index (χ1v) is 8.25. The van der Waals surface area contributed by atoms with Crippen LogP contribution in [0.2, 0.25) is 0 Å². The Morgan fingerprint density at radius 1 is 1.27 bits per heavy atom. The number of piperidine rings is 2. The molecule has 4 heteroatoms. The van der Waals surface area contributed by atoms with Gasteiger partial charge >= 0.3 is 5.97 Å². The van der Waals surface area contributed by atoms with Gasteiger partial charge in [-0.25, -0.2) is 0 Å². The van der Waals surface area contributed by atoms with Gasteiger partial charge in [0.1, 0.15) is 5.60 Å². The number of rotatable bonds is 3. The van der Waals surface area contributed by atoms with Gasteiger partial charge in [-0.15, -0.1) is 12.4 Å². The van der Waals surface area contributed by atoms with Gasteiger partial charge in [-0.2, -0.15) is 0 Å². The van der Waals surface area contributed by atoms with Crippen molar-refractivity contribution in [1.29, 1.82) is 0 Å². The van der Waals surface area contributed by atoms with Crippen molar-refractivity contribution in [3.8, 4) is 0 Å². The molecular formula is C18H26ClNO2. The van der Waals surface area contributed by atoms with Crippen molar-refractivity contribution in [3.63, 3.8) is 0 Å². The normalized spacial score (nSPS) is 28.3. The third-order valence-corrected chi connectivity index (χ3v) is 5.02. The Kier molecular flexibility index (Phi) is 5.87. The fraction of sp³-hybridized carbons (Fsp3) is 0.611. The van der Waals surface area contributed by atoms with E-state index in [1.54, 1.807) is 0 Å². The summed E-state index contributed by atoms with van der Waals surface area (Å²) in [5.74, 6) is -0.0805. The number of esters is 1. The van der Waals surface area contributed by atoms with Gasteiger partial charge in [-0.1, -0.05) is 43.7 Å². The monoisotopic (exact) mass is 323 g/mol. The molecule has 0 amide bonds. The molecule has 2 aliphatic heterocycles. The number of benzene rings is 1. The number of carbonyl (C=O) groups is 1. The van der Waals surface area contributed by atoms with Crippen LogP contribution in [0, 0.1) is 0 Å². The fourth-order valence-electron chi connectivity index (χ4n) is 3.84. The number of carbonyl (C=O) groups excluding carboxylic acids is 1. The van der Waals surface area contributed by atoms with Crippen LogP contribution in [0.4, 0.5) is 0 Å². The topological polar surface area (TPSA) is 29.5 Å². The largest absolute Gasteiger partial charge is 0.454 e. The van der Waals surface area contributed by atoms with Crippen LogP contribution in [0.1, 0.15) is 51.0 Å². The highest BCUT2D eigenvalue weighted by Gasteiger charge is 2.44. The maximum absolute atomic E-state index is 12.0. The van der Waals surface area contributed by atoms with Gasteiger partial charge in [0, 0.05) is 31.8 Å².